The fourth-order valence-electron chi connectivity index (χ4n) is 3.65. The predicted molar refractivity (Wildman–Crippen MR) is 111 cm³/mol. The molecule has 142 valence electrons. The van der Waals surface area contributed by atoms with Crippen LogP contribution in [0.4, 0.5) is 14.9 Å². The summed E-state index contributed by atoms with van der Waals surface area (Å²) in [6, 6.07) is 21.5. The van der Waals surface area contributed by atoms with Crippen LogP contribution < -0.4 is 4.90 Å². The fraction of sp³-hybridized carbons (Fsp3) is 0.174. The normalized spacial score (nSPS) is 15.8. The van der Waals surface area contributed by atoms with Crippen molar-refractivity contribution in [3.8, 4) is 0 Å². The van der Waals surface area contributed by atoms with Crippen molar-refractivity contribution in [1.82, 2.24) is 0 Å². The average molecular weight is 440 g/mol. The lowest BCUT2D eigenvalue weighted by molar-refractivity contribution is 0.143. The van der Waals surface area contributed by atoms with Gasteiger partial charge in [0.25, 0.3) is 0 Å². The third kappa shape index (κ3) is 3.67. The number of rotatable bonds is 3. The van der Waals surface area contributed by atoms with Crippen LogP contribution in [0.1, 0.15) is 29.2 Å². The highest BCUT2D eigenvalue weighted by Crippen LogP contribution is 2.42. The first-order valence-electron chi connectivity index (χ1n) is 9.17. The number of nitrogens with zero attached hydrogens (tertiary/aromatic N) is 1. The highest BCUT2D eigenvalue weighted by molar-refractivity contribution is 9.10. The quantitative estimate of drug-likeness (QED) is 0.471. The van der Waals surface area contributed by atoms with E-state index in [4.69, 9.17) is 4.74 Å². The molecule has 0 aromatic heterocycles. The number of carbonyl (C=O) groups is 1. The van der Waals surface area contributed by atoms with Gasteiger partial charge in [-0.2, -0.15) is 0 Å². The zero-order valence-corrected chi connectivity index (χ0v) is 16.7. The number of anilines is 1. The van der Waals surface area contributed by atoms with E-state index in [0.717, 1.165) is 27.7 Å². The molecule has 1 amide bonds. The molecule has 0 fully saturated rings. The molecule has 1 heterocycles. The summed E-state index contributed by atoms with van der Waals surface area (Å²) in [4.78, 5) is 14.7. The first-order chi connectivity index (χ1) is 13.6. The molecule has 5 heteroatoms. The molecule has 1 atom stereocenters. The maximum absolute atomic E-state index is 14.5. The molecule has 1 unspecified atom stereocenters. The van der Waals surface area contributed by atoms with Gasteiger partial charge in [-0.3, -0.25) is 4.90 Å². The van der Waals surface area contributed by atoms with E-state index in [1.54, 1.807) is 23.1 Å². The lowest BCUT2D eigenvalue weighted by Gasteiger charge is -2.37. The fourth-order valence-corrected chi connectivity index (χ4v) is 4.21. The molecule has 3 nitrogen and oxygen atoms in total. The van der Waals surface area contributed by atoms with E-state index in [0.29, 0.717) is 12.0 Å². The summed E-state index contributed by atoms with van der Waals surface area (Å²) < 4.78 is 21.1. The Hall–Kier alpha value is -2.66. The predicted octanol–water partition coefficient (Wildman–Crippen LogP) is 6.42. The van der Waals surface area contributed by atoms with Gasteiger partial charge < -0.3 is 4.74 Å². The van der Waals surface area contributed by atoms with E-state index in [1.807, 2.05) is 48.5 Å². The number of hydrogen-bond donors (Lipinski definition) is 0. The zero-order valence-electron chi connectivity index (χ0n) is 15.1. The molecule has 1 aliphatic heterocycles. The van der Waals surface area contributed by atoms with Crippen molar-refractivity contribution in [2.24, 2.45) is 0 Å². The lowest BCUT2D eigenvalue weighted by atomic mass is 9.91. The molecule has 0 spiro atoms. The Bertz CT molecular complexity index is 993. The highest BCUT2D eigenvalue weighted by atomic mass is 79.9. The maximum Gasteiger partial charge on any atom is 0.415 e. The number of carbonyl (C=O) groups excluding carboxylic acids is 1. The maximum atomic E-state index is 14.5. The van der Waals surface area contributed by atoms with Gasteiger partial charge in [-0.1, -0.05) is 70.5 Å². The SMILES string of the molecule is O=C(OCc1ccccc1)N1c2cccc(Br)c2CCC1c1ccccc1F. The zero-order chi connectivity index (χ0) is 19.5. The summed E-state index contributed by atoms with van der Waals surface area (Å²) >= 11 is 3.57. The van der Waals surface area contributed by atoms with Gasteiger partial charge in [-0.25, -0.2) is 9.18 Å². The minimum Gasteiger partial charge on any atom is -0.444 e. The van der Waals surface area contributed by atoms with Gasteiger partial charge in [-0.05, 0) is 42.2 Å². The Labute approximate surface area is 171 Å². The van der Waals surface area contributed by atoms with E-state index in [2.05, 4.69) is 15.9 Å². The molecule has 4 rings (SSSR count). The second-order valence-corrected chi connectivity index (χ2v) is 7.58. The van der Waals surface area contributed by atoms with Crippen LogP contribution in [0.3, 0.4) is 0 Å². The van der Waals surface area contributed by atoms with Crippen LogP contribution in [-0.2, 0) is 17.8 Å². The van der Waals surface area contributed by atoms with Crippen molar-refractivity contribution >= 4 is 27.7 Å². The van der Waals surface area contributed by atoms with Crippen LogP contribution in [0, 0.1) is 5.82 Å². The van der Waals surface area contributed by atoms with E-state index >= 15 is 0 Å². The van der Waals surface area contributed by atoms with E-state index in [1.165, 1.54) is 6.07 Å². The minimum atomic E-state index is -0.476. The molecular weight excluding hydrogens is 421 g/mol. The molecule has 28 heavy (non-hydrogen) atoms. The molecule has 0 radical (unpaired) electrons. The van der Waals surface area contributed by atoms with Crippen LogP contribution in [-0.4, -0.2) is 6.09 Å². The molecule has 0 aliphatic carbocycles. The molecule has 0 bridgehead atoms. The number of ether oxygens (including phenoxy) is 1. The van der Waals surface area contributed by atoms with Crippen LogP contribution in [0.15, 0.2) is 77.3 Å². The number of fused-ring (bicyclic) bond motifs is 1. The Morgan fingerprint density at radius 1 is 1.04 bits per heavy atom. The topological polar surface area (TPSA) is 29.5 Å². The van der Waals surface area contributed by atoms with Crippen molar-refractivity contribution in [3.63, 3.8) is 0 Å². The van der Waals surface area contributed by atoms with E-state index in [-0.39, 0.29) is 12.4 Å². The van der Waals surface area contributed by atoms with Crippen molar-refractivity contribution in [1.29, 1.82) is 0 Å². The van der Waals surface area contributed by atoms with Crippen LogP contribution >= 0.6 is 15.9 Å². The Morgan fingerprint density at radius 2 is 1.79 bits per heavy atom. The van der Waals surface area contributed by atoms with Gasteiger partial charge >= 0.3 is 6.09 Å². The number of hydrogen-bond acceptors (Lipinski definition) is 2. The molecule has 1 aliphatic rings. The second kappa shape index (κ2) is 8.15. The van der Waals surface area contributed by atoms with Gasteiger partial charge in [0.1, 0.15) is 12.4 Å². The molecule has 0 saturated carbocycles. The molecule has 3 aromatic carbocycles. The second-order valence-electron chi connectivity index (χ2n) is 6.72. The van der Waals surface area contributed by atoms with Crippen molar-refractivity contribution < 1.29 is 13.9 Å². The van der Waals surface area contributed by atoms with Crippen molar-refractivity contribution in [3.05, 3.63) is 99.8 Å². The number of halogens is 2. The standard InChI is InChI=1S/C23H19BrFNO2/c24-19-10-6-12-21-17(19)13-14-22(18-9-4-5-11-20(18)25)26(21)23(27)28-15-16-7-2-1-3-8-16/h1-12,22H,13-15H2. The molecule has 3 aromatic rings. The monoisotopic (exact) mass is 439 g/mol. The lowest BCUT2D eigenvalue weighted by Crippen LogP contribution is -2.39. The summed E-state index contributed by atoms with van der Waals surface area (Å²) in [6.07, 6.45) is 0.894. The molecular formula is C23H19BrFNO2. The van der Waals surface area contributed by atoms with Gasteiger partial charge in [0.05, 0.1) is 11.7 Å². The third-order valence-electron chi connectivity index (χ3n) is 5.00. The van der Waals surface area contributed by atoms with Crippen LogP contribution in [0.2, 0.25) is 0 Å². The number of amides is 1. The average Bonchev–Trinajstić information content (AvgIpc) is 2.73. The Balaban J connectivity index is 1.69. The van der Waals surface area contributed by atoms with Crippen molar-refractivity contribution in [2.45, 2.75) is 25.5 Å². The van der Waals surface area contributed by atoms with Crippen LogP contribution in [0.25, 0.3) is 0 Å². The Morgan fingerprint density at radius 3 is 2.57 bits per heavy atom. The summed E-state index contributed by atoms with van der Waals surface area (Å²) in [6.45, 7) is 0.170. The summed E-state index contributed by atoms with van der Waals surface area (Å²) in [5.41, 5.74) is 3.20. The minimum absolute atomic E-state index is 0.170. The summed E-state index contributed by atoms with van der Waals surface area (Å²) in [5, 5.41) is 0. The van der Waals surface area contributed by atoms with Gasteiger partial charge in [0.2, 0.25) is 0 Å². The Kier molecular flexibility index (Phi) is 5.44. The van der Waals surface area contributed by atoms with E-state index < -0.39 is 12.1 Å². The summed E-state index contributed by atoms with van der Waals surface area (Å²) in [7, 11) is 0. The highest BCUT2D eigenvalue weighted by Gasteiger charge is 2.35. The van der Waals surface area contributed by atoms with E-state index in [9.17, 15) is 9.18 Å². The van der Waals surface area contributed by atoms with Crippen molar-refractivity contribution in [2.75, 3.05) is 4.90 Å². The van der Waals surface area contributed by atoms with Crippen LogP contribution in [0.5, 0.6) is 0 Å². The van der Waals surface area contributed by atoms with Gasteiger partial charge in [0.15, 0.2) is 0 Å². The first kappa shape index (κ1) is 18.7. The largest absolute Gasteiger partial charge is 0.444 e. The molecule has 0 N–H and O–H groups in total. The smallest absolute Gasteiger partial charge is 0.415 e. The van der Waals surface area contributed by atoms with Gasteiger partial charge in [-0.15, -0.1) is 0 Å². The van der Waals surface area contributed by atoms with Gasteiger partial charge in [0, 0.05) is 10.0 Å². The first-order valence-corrected chi connectivity index (χ1v) is 9.96. The summed E-state index contributed by atoms with van der Waals surface area (Å²) in [5.74, 6) is -0.313. The molecule has 0 saturated heterocycles. The third-order valence-corrected chi connectivity index (χ3v) is 5.74. The number of benzene rings is 3.